The second-order valence-corrected chi connectivity index (χ2v) is 15.8. The van der Waals surface area contributed by atoms with Gasteiger partial charge >= 0.3 is 65.1 Å². The minimum Gasteiger partial charge on any atom is -0.780 e. The summed E-state index contributed by atoms with van der Waals surface area (Å²) in [5.41, 5.74) is 3.24. The number of hydrogen-bond acceptors (Lipinski definition) is 9. The Bertz CT molecular complexity index is 2100. The normalized spacial score (nSPS) is 17.5. The van der Waals surface area contributed by atoms with Gasteiger partial charge in [-0.3, -0.25) is 14.4 Å². The number of aromatic amines is 1. The number of fused-ring (bicyclic) bond motifs is 2. The van der Waals surface area contributed by atoms with E-state index >= 15 is 0 Å². The zero-order valence-corrected chi connectivity index (χ0v) is 37.3. The number of nitrogens with one attached hydrogen (secondary N) is 2. The van der Waals surface area contributed by atoms with E-state index in [9.17, 15) is 33.5 Å². The molecule has 3 heterocycles. The van der Waals surface area contributed by atoms with Gasteiger partial charge in [-0.1, -0.05) is 87.5 Å². The van der Waals surface area contributed by atoms with Crippen LogP contribution in [0.2, 0.25) is 0 Å². The Morgan fingerprint density at radius 2 is 1.70 bits per heavy atom. The largest absolute Gasteiger partial charge is 1.00 e. The molecule has 0 unspecified atom stereocenters. The quantitative estimate of drug-likeness (QED) is 0.0692. The molecular formula is C39H43N6Na2O8P. The van der Waals surface area contributed by atoms with Crippen LogP contribution in [0.1, 0.15) is 54.2 Å². The van der Waals surface area contributed by atoms with E-state index in [0.717, 1.165) is 16.5 Å². The summed E-state index contributed by atoms with van der Waals surface area (Å²) in [6.45, 7) is 10.2. The molecule has 0 spiro atoms. The van der Waals surface area contributed by atoms with Crippen molar-refractivity contribution in [3.05, 3.63) is 114 Å². The zero-order chi connectivity index (χ0) is 38.8. The van der Waals surface area contributed by atoms with E-state index in [4.69, 9.17) is 0 Å². The van der Waals surface area contributed by atoms with Gasteiger partial charge in [-0.25, -0.2) is 14.8 Å². The van der Waals surface area contributed by atoms with Crippen molar-refractivity contribution in [2.45, 2.75) is 58.9 Å². The number of urea groups is 1. The van der Waals surface area contributed by atoms with E-state index in [1.165, 1.54) is 34.2 Å². The average Bonchev–Trinajstić information content (AvgIpc) is 3.55. The number of rotatable bonds is 12. The van der Waals surface area contributed by atoms with Gasteiger partial charge in [0.1, 0.15) is 25.8 Å². The smallest absolute Gasteiger partial charge is 0.780 e. The van der Waals surface area contributed by atoms with Crippen LogP contribution in [0.25, 0.3) is 10.9 Å². The SMILES string of the molecule is C=CCN1CC(=O)N2[C@@H](Cc3ccc(OP(=O)([O-])[O-])cc3)C(=O)N(Cc3cccc4c(C(=O)CC(C)(C)C)c[nH]c34)C[C@@H]2N1C(=O)NCc1ccccc1.[Na+].[Na+]. The minimum atomic E-state index is -5.29. The first kappa shape index (κ1) is 45.4. The van der Waals surface area contributed by atoms with Gasteiger partial charge in [-0.2, -0.15) is 0 Å². The predicted octanol–water partition coefficient (Wildman–Crippen LogP) is -2.26. The van der Waals surface area contributed by atoms with Crippen LogP contribution in [0, 0.1) is 5.41 Å². The molecule has 2 aliphatic heterocycles. The standard InChI is InChI=1S/C39H45N6O8P.2Na/c1-5-18-43-25-35(47)44-32(19-26-14-16-29(17-15-26)53-54(50,51)52)37(48)42(24-34(44)45(43)38(49)41-21-27-10-7-6-8-11-27)23-28-12-9-13-30-31(22-40-36(28)30)33(46)20-39(2,3)4;;/h5-17,22,32,34,40H,1,18-21,23-25H2,2-4H3,(H,41,49)(H2,50,51,52);;/q;2*+1/p-2/t32-,34-;;/m0../s1. The van der Waals surface area contributed by atoms with Crippen LogP contribution in [-0.4, -0.2) is 80.3 Å². The maximum absolute atomic E-state index is 14.6. The van der Waals surface area contributed by atoms with Crippen LogP contribution in [0.4, 0.5) is 4.79 Å². The number of benzene rings is 3. The number of hydrogen-bond donors (Lipinski definition) is 2. The Balaban J connectivity index is 0.00000348. The number of para-hydroxylation sites is 1. The van der Waals surface area contributed by atoms with Crippen molar-refractivity contribution in [1.82, 2.24) is 30.1 Å². The number of ketones is 1. The number of Topliss-reactive ketones (excluding diaryl/α,β-unsaturated/α-hetero) is 1. The summed E-state index contributed by atoms with van der Waals surface area (Å²) in [5.74, 6) is -0.908. The molecule has 1 aromatic heterocycles. The summed E-state index contributed by atoms with van der Waals surface area (Å²) in [4.78, 5) is 84.6. The molecule has 0 aliphatic carbocycles. The van der Waals surface area contributed by atoms with Gasteiger partial charge < -0.3 is 39.0 Å². The van der Waals surface area contributed by atoms with E-state index < -0.39 is 26.1 Å². The summed E-state index contributed by atoms with van der Waals surface area (Å²) in [6, 6.07) is 19.1. The second-order valence-electron chi connectivity index (χ2n) is 14.7. The van der Waals surface area contributed by atoms with E-state index in [1.807, 2.05) is 69.3 Å². The zero-order valence-electron chi connectivity index (χ0n) is 32.4. The summed E-state index contributed by atoms with van der Waals surface area (Å²) in [7, 11) is -5.29. The Kier molecular flexibility index (Phi) is 15.4. The van der Waals surface area contributed by atoms with Crippen molar-refractivity contribution in [2.24, 2.45) is 5.41 Å². The van der Waals surface area contributed by atoms with E-state index in [1.54, 1.807) is 22.2 Å². The van der Waals surface area contributed by atoms with Crippen LogP contribution in [0.5, 0.6) is 5.75 Å². The maximum atomic E-state index is 14.6. The number of nitrogens with zero attached hydrogens (tertiary/aromatic N) is 4. The van der Waals surface area contributed by atoms with Gasteiger partial charge in [0.25, 0.3) is 0 Å². The minimum absolute atomic E-state index is 0. The molecule has 4 aromatic rings. The molecular weight excluding hydrogens is 757 g/mol. The average molecular weight is 801 g/mol. The number of amides is 4. The number of aromatic nitrogens is 1. The van der Waals surface area contributed by atoms with Gasteiger partial charge in [-0.15, -0.1) is 6.58 Å². The van der Waals surface area contributed by atoms with Crippen molar-refractivity contribution >= 4 is 42.4 Å². The monoisotopic (exact) mass is 800 g/mol. The number of H-pyrrole nitrogens is 1. The Morgan fingerprint density at radius 1 is 1.00 bits per heavy atom. The van der Waals surface area contributed by atoms with Crippen molar-refractivity contribution < 1.29 is 97.2 Å². The van der Waals surface area contributed by atoms with Crippen LogP contribution >= 0.6 is 7.82 Å². The molecule has 0 saturated carbocycles. The van der Waals surface area contributed by atoms with E-state index in [-0.39, 0.29) is 127 Å². The fourth-order valence-corrected chi connectivity index (χ4v) is 7.48. The van der Waals surface area contributed by atoms with Crippen LogP contribution in [0.3, 0.4) is 0 Å². The van der Waals surface area contributed by atoms with Crippen molar-refractivity contribution in [3.63, 3.8) is 0 Å². The number of hydrazine groups is 1. The first-order chi connectivity index (χ1) is 25.6. The number of piperazine rings is 1. The molecule has 2 N–H and O–H groups in total. The van der Waals surface area contributed by atoms with Gasteiger partial charge in [0.15, 0.2) is 5.78 Å². The summed E-state index contributed by atoms with van der Waals surface area (Å²) < 4.78 is 15.6. The van der Waals surface area contributed by atoms with Crippen LogP contribution in [-0.2, 0) is 33.7 Å². The molecule has 4 amide bonds. The molecule has 284 valence electrons. The second kappa shape index (κ2) is 19.0. The number of phosphoric acid groups is 1. The summed E-state index contributed by atoms with van der Waals surface area (Å²) >= 11 is 0. The molecule has 2 aliphatic rings. The van der Waals surface area contributed by atoms with E-state index in [0.29, 0.717) is 23.1 Å². The molecule has 6 rings (SSSR count). The molecule has 14 nitrogen and oxygen atoms in total. The molecule has 17 heteroatoms. The number of carbonyl (C=O) groups is 4. The summed E-state index contributed by atoms with van der Waals surface area (Å²) in [6.07, 6.45) is 2.75. The van der Waals surface area contributed by atoms with Crippen molar-refractivity contribution in [2.75, 3.05) is 19.6 Å². The van der Waals surface area contributed by atoms with Gasteiger partial charge in [0.2, 0.25) is 11.8 Å². The Hall–Kier alpha value is -3.27. The molecule has 56 heavy (non-hydrogen) atoms. The van der Waals surface area contributed by atoms with Gasteiger partial charge in [0, 0.05) is 49.6 Å². The third-order valence-electron chi connectivity index (χ3n) is 9.39. The first-order valence-corrected chi connectivity index (χ1v) is 19.1. The Morgan fingerprint density at radius 3 is 2.34 bits per heavy atom. The summed E-state index contributed by atoms with van der Waals surface area (Å²) in [5, 5.41) is 6.79. The van der Waals surface area contributed by atoms with E-state index in [2.05, 4.69) is 21.4 Å². The number of carbonyl (C=O) groups excluding carboxylic acids is 4. The predicted molar refractivity (Wildman–Crippen MR) is 197 cm³/mol. The van der Waals surface area contributed by atoms with Crippen LogP contribution in [0.15, 0.2) is 91.6 Å². The topological polar surface area (TPSA) is 181 Å². The first-order valence-electron chi connectivity index (χ1n) is 17.6. The molecule has 0 bridgehead atoms. The third kappa shape index (κ3) is 10.8. The number of phosphoric ester groups is 1. The fraction of sp³-hybridized carbons (Fsp3) is 0.333. The fourth-order valence-electron chi connectivity index (χ4n) is 7.10. The van der Waals surface area contributed by atoms with Gasteiger partial charge in [-0.05, 0) is 34.2 Å². The molecule has 3 aromatic carbocycles. The molecule has 2 atom stereocenters. The Labute approximate surface area is 370 Å². The van der Waals surface area contributed by atoms with Crippen LogP contribution < -0.4 is 78.7 Å². The van der Waals surface area contributed by atoms with Crippen molar-refractivity contribution in [1.29, 1.82) is 0 Å². The molecule has 2 fully saturated rings. The maximum Gasteiger partial charge on any atom is 1.00 e. The molecule has 2 saturated heterocycles. The van der Waals surface area contributed by atoms with Crippen molar-refractivity contribution in [3.8, 4) is 5.75 Å². The third-order valence-corrected chi connectivity index (χ3v) is 9.82. The van der Waals surface area contributed by atoms with Gasteiger partial charge in [0.05, 0.1) is 18.6 Å². The molecule has 0 radical (unpaired) electrons.